The minimum Gasteiger partial charge on any atom is -0.387 e. The van der Waals surface area contributed by atoms with Gasteiger partial charge in [-0.2, -0.15) is 0 Å². The van der Waals surface area contributed by atoms with Gasteiger partial charge in [0.05, 0.1) is 20.1 Å². The highest BCUT2D eigenvalue weighted by Crippen LogP contribution is 2.36. The van der Waals surface area contributed by atoms with Gasteiger partial charge in [-0.1, -0.05) is 36.8 Å². The summed E-state index contributed by atoms with van der Waals surface area (Å²) < 4.78 is 1.10. The molecule has 2 atom stereocenters. The summed E-state index contributed by atoms with van der Waals surface area (Å²) in [5.74, 6) is 0.725. The lowest BCUT2D eigenvalue weighted by molar-refractivity contribution is -0.942. The lowest BCUT2D eigenvalue weighted by atomic mass is 9.84. The number of benzene rings is 1. The van der Waals surface area contributed by atoms with Crippen molar-refractivity contribution in [2.45, 2.75) is 56.6 Å². The SMILES string of the molecule is C[N+]1(C2CCCC[C@@H]2O)CCC(c2ccccc2)CC1. The van der Waals surface area contributed by atoms with E-state index < -0.39 is 0 Å². The fraction of sp³-hybridized carbons (Fsp3) is 0.667. The molecule has 20 heavy (non-hydrogen) atoms. The fourth-order valence-corrected chi connectivity index (χ4v) is 4.37. The second-order valence-electron chi connectivity index (χ2n) is 7.03. The number of aliphatic hydroxyl groups excluding tert-OH is 1. The Bertz CT molecular complexity index is 422. The summed E-state index contributed by atoms with van der Waals surface area (Å²) in [5, 5.41) is 10.4. The van der Waals surface area contributed by atoms with Crippen LogP contribution in [0.25, 0.3) is 0 Å². The second kappa shape index (κ2) is 5.87. The van der Waals surface area contributed by atoms with Gasteiger partial charge in [0.25, 0.3) is 0 Å². The van der Waals surface area contributed by atoms with Crippen LogP contribution in [-0.2, 0) is 0 Å². The summed E-state index contributed by atoms with van der Waals surface area (Å²) in [4.78, 5) is 0. The van der Waals surface area contributed by atoms with Gasteiger partial charge < -0.3 is 9.59 Å². The van der Waals surface area contributed by atoms with Crippen molar-refractivity contribution in [1.29, 1.82) is 0 Å². The Hall–Kier alpha value is -0.860. The zero-order valence-electron chi connectivity index (χ0n) is 12.7. The number of hydrogen-bond donors (Lipinski definition) is 1. The van der Waals surface area contributed by atoms with Gasteiger partial charge >= 0.3 is 0 Å². The molecule has 0 spiro atoms. The number of quaternary nitrogens is 1. The molecule has 0 bridgehead atoms. The van der Waals surface area contributed by atoms with E-state index in [1.54, 1.807) is 0 Å². The van der Waals surface area contributed by atoms with Crippen LogP contribution in [0.3, 0.4) is 0 Å². The number of piperidine rings is 1. The Labute approximate surface area is 123 Å². The van der Waals surface area contributed by atoms with Crippen LogP contribution in [0, 0.1) is 0 Å². The van der Waals surface area contributed by atoms with E-state index in [1.165, 1.54) is 50.8 Å². The molecule has 1 aliphatic carbocycles. The zero-order chi connectivity index (χ0) is 14.0. The molecule has 0 radical (unpaired) electrons. The zero-order valence-corrected chi connectivity index (χ0v) is 12.7. The number of hydrogen-bond acceptors (Lipinski definition) is 1. The van der Waals surface area contributed by atoms with E-state index >= 15 is 0 Å². The lowest BCUT2D eigenvalue weighted by Gasteiger charge is -2.49. The summed E-state index contributed by atoms with van der Waals surface area (Å²) >= 11 is 0. The summed E-state index contributed by atoms with van der Waals surface area (Å²) in [7, 11) is 2.38. The molecule has 3 rings (SSSR count). The molecule has 1 saturated carbocycles. The highest BCUT2D eigenvalue weighted by atomic mass is 16.3. The van der Waals surface area contributed by atoms with E-state index in [2.05, 4.69) is 37.4 Å². The Balaban J connectivity index is 1.65. The Morgan fingerprint density at radius 1 is 0.950 bits per heavy atom. The fourth-order valence-electron chi connectivity index (χ4n) is 4.37. The van der Waals surface area contributed by atoms with Crippen molar-refractivity contribution in [3.05, 3.63) is 35.9 Å². The van der Waals surface area contributed by atoms with Crippen molar-refractivity contribution in [2.24, 2.45) is 0 Å². The predicted molar refractivity (Wildman–Crippen MR) is 82.6 cm³/mol. The second-order valence-corrected chi connectivity index (χ2v) is 7.03. The molecule has 1 aromatic carbocycles. The Morgan fingerprint density at radius 3 is 2.25 bits per heavy atom. The molecule has 0 amide bonds. The first-order valence-electron chi connectivity index (χ1n) is 8.26. The van der Waals surface area contributed by atoms with Crippen LogP contribution < -0.4 is 0 Å². The third-order valence-electron chi connectivity index (χ3n) is 5.74. The first-order chi connectivity index (χ1) is 9.69. The molecule has 1 aliphatic heterocycles. The molecule has 1 unspecified atom stereocenters. The van der Waals surface area contributed by atoms with E-state index in [4.69, 9.17) is 0 Å². The van der Waals surface area contributed by atoms with E-state index in [-0.39, 0.29) is 6.10 Å². The molecule has 2 aliphatic rings. The van der Waals surface area contributed by atoms with Crippen molar-refractivity contribution in [1.82, 2.24) is 0 Å². The van der Waals surface area contributed by atoms with Gasteiger partial charge in [0, 0.05) is 19.3 Å². The highest BCUT2D eigenvalue weighted by molar-refractivity contribution is 5.19. The van der Waals surface area contributed by atoms with Gasteiger partial charge in [-0.3, -0.25) is 0 Å². The summed E-state index contributed by atoms with van der Waals surface area (Å²) in [6.45, 7) is 2.45. The molecule has 1 heterocycles. The molecule has 1 aromatic rings. The molecule has 1 saturated heterocycles. The minimum absolute atomic E-state index is 0.0676. The van der Waals surface area contributed by atoms with E-state index in [0.29, 0.717) is 6.04 Å². The van der Waals surface area contributed by atoms with Crippen LogP contribution in [0.15, 0.2) is 30.3 Å². The summed E-state index contributed by atoms with van der Waals surface area (Å²) in [6.07, 6.45) is 7.21. The van der Waals surface area contributed by atoms with Gasteiger partial charge in [0.2, 0.25) is 0 Å². The maximum atomic E-state index is 10.4. The molecule has 110 valence electrons. The molecule has 2 heteroatoms. The van der Waals surface area contributed by atoms with Crippen LogP contribution in [0.1, 0.15) is 50.0 Å². The first kappa shape index (κ1) is 14.1. The molecule has 0 aromatic heterocycles. The quantitative estimate of drug-likeness (QED) is 0.820. The van der Waals surface area contributed by atoms with Crippen LogP contribution in [0.4, 0.5) is 0 Å². The third-order valence-corrected chi connectivity index (χ3v) is 5.74. The minimum atomic E-state index is -0.0676. The summed E-state index contributed by atoms with van der Waals surface area (Å²) in [5.41, 5.74) is 1.50. The Morgan fingerprint density at radius 2 is 1.60 bits per heavy atom. The van der Waals surface area contributed by atoms with E-state index in [1.807, 2.05) is 0 Å². The number of rotatable bonds is 2. The molecule has 2 fully saturated rings. The van der Waals surface area contributed by atoms with Crippen LogP contribution in [-0.4, -0.2) is 41.9 Å². The third kappa shape index (κ3) is 2.77. The van der Waals surface area contributed by atoms with Crippen LogP contribution >= 0.6 is 0 Å². The molecule has 1 N–H and O–H groups in total. The maximum absolute atomic E-state index is 10.4. The van der Waals surface area contributed by atoms with Gasteiger partial charge in [-0.15, -0.1) is 0 Å². The number of likely N-dealkylation sites (tertiary alicyclic amines) is 1. The number of likely N-dealkylation sites (N-methyl/N-ethyl adjacent to an activating group) is 1. The predicted octanol–water partition coefficient (Wildman–Crippen LogP) is 3.31. The van der Waals surface area contributed by atoms with Crippen molar-refractivity contribution < 1.29 is 9.59 Å². The van der Waals surface area contributed by atoms with Gasteiger partial charge in [-0.25, -0.2) is 0 Å². The molecular formula is C18H28NO+. The monoisotopic (exact) mass is 274 g/mol. The van der Waals surface area contributed by atoms with E-state index in [9.17, 15) is 5.11 Å². The van der Waals surface area contributed by atoms with Crippen LogP contribution in [0.2, 0.25) is 0 Å². The standard InChI is InChI=1S/C18H28NO/c1-19(17-9-5-6-10-18(17)20)13-11-16(12-14-19)15-7-3-2-4-8-15/h2-4,7-8,16-18,20H,5-6,9-14H2,1H3/q+1/t16?,17?,18-,19?/m0/s1. The summed E-state index contributed by atoms with van der Waals surface area (Å²) in [6, 6.07) is 11.4. The van der Waals surface area contributed by atoms with Crippen molar-refractivity contribution in [3.63, 3.8) is 0 Å². The number of nitrogens with zero attached hydrogens (tertiary/aromatic N) is 1. The lowest BCUT2D eigenvalue weighted by Crippen LogP contribution is -2.60. The van der Waals surface area contributed by atoms with Gasteiger partial charge in [0.15, 0.2) is 0 Å². The molecular weight excluding hydrogens is 246 g/mol. The number of aliphatic hydroxyl groups is 1. The Kier molecular flexibility index (Phi) is 4.13. The first-order valence-corrected chi connectivity index (χ1v) is 8.26. The topological polar surface area (TPSA) is 20.2 Å². The van der Waals surface area contributed by atoms with Crippen molar-refractivity contribution >= 4 is 0 Å². The van der Waals surface area contributed by atoms with E-state index in [0.717, 1.165) is 16.8 Å². The highest BCUT2D eigenvalue weighted by Gasteiger charge is 2.41. The normalized spacial score (nSPS) is 38.6. The maximum Gasteiger partial charge on any atom is 0.115 e. The largest absolute Gasteiger partial charge is 0.387 e. The van der Waals surface area contributed by atoms with Gasteiger partial charge in [0.1, 0.15) is 12.1 Å². The van der Waals surface area contributed by atoms with Crippen molar-refractivity contribution in [3.8, 4) is 0 Å². The smallest absolute Gasteiger partial charge is 0.115 e. The average Bonchev–Trinajstić information content (AvgIpc) is 2.49. The van der Waals surface area contributed by atoms with Crippen molar-refractivity contribution in [2.75, 3.05) is 20.1 Å². The van der Waals surface area contributed by atoms with Gasteiger partial charge in [-0.05, 0) is 24.3 Å². The molecule has 2 nitrogen and oxygen atoms in total. The average molecular weight is 274 g/mol. The van der Waals surface area contributed by atoms with Crippen LogP contribution in [0.5, 0.6) is 0 Å².